The van der Waals surface area contributed by atoms with Crippen LogP contribution in [-0.2, 0) is 0 Å². The minimum atomic E-state index is -1.46. The molecule has 0 aromatic carbocycles. The van der Waals surface area contributed by atoms with E-state index < -0.39 is 23.7 Å². The van der Waals surface area contributed by atoms with Gasteiger partial charge in [0.1, 0.15) is 17.8 Å². The molecule has 1 aromatic rings. The summed E-state index contributed by atoms with van der Waals surface area (Å²) in [6, 6.07) is 2.49. The lowest BCUT2D eigenvalue weighted by Crippen LogP contribution is -2.16. The molecule has 0 aliphatic heterocycles. The minimum absolute atomic E-state index is 0.145. The number of hydrogen-bond acceptors (Lipinski definition) is 1. The monoisotopic (exact) mass is 225 g/mol. The summed E-state index contributed by atoms with van der Waals surface area (Å²) in [6.07, 6.45) is 2.32. The summed E-state index contributed by atoms with van der Waals surface area (Å²) in [4.78, 5) is 3.87. The number of allylic oxidation sites excluding steroid dienone is 4. The predicted molar refractivity (Wildman–Crippen MR) is 54.9 cm³/mol. The SMILES string of the molecule is Cc1nc(C2C(F)=CC=CC2F)ccc1F. The lowest BCUT2D eigenvalue weighted by molar-refractivity contribution is 0.326. The molecule has 4 heteroatoms. The van der Waals surface area contributed by atoms with Crippen LogP contribution in [-0.4, -0.2) is 11.2 Å². The summed E-state index contributed by atoms with van der Waals surface area (Å²) in [5.41, 5.74) is 0.358. The Morgan fingerprint density at radius 1 is 1.25 bits per heavy atom. The van der Waals surface area contributed by atoms with E-state index in [1.54, 1.807) is 0 Å². The van der Waals surface area contributed by atoms with Crippen molar-refractivity contribution in [1.82, 2.24) is 4.98 Å². The third-order valence-electron chi connectivity index (χ3n) is 2.53. The van der Waals surface area contributed by atoms with Crippen molar-refractivity contribution in [3.8, 4) is 0 Å². The van der Waals surface area contributed by atoms with Gasteiger partial charge in [-0.25, -0.2) is 13.2 Å². The van der Waals surface area contributed by atoms with Crippen molar-refractivity contribution in [3.63, 3.8) is 0 Å². The first-order valence-corrected chi connectivity index (χ1v) is 4.90. The van der Waals surface area contributed by atoms with E-state index in [2.05, 4.69) is 4.98 Å². The van der Waals surface area contributed by atoms with E-state index in [1.165, 1.54) is 37.3 Å². The lowest BCUT2D eigenvalue weighted by Gasteiger charge is -2.19. The Morgan fingerprint density at radius 2 is 2.00 bits per heavy atom. The second-order valence-corrected chi connectivity index (χ2v) is 3.66. The second-order valence-electron chi connectivity index (χ2n) is 3.66. The molecule has 0 fully saturated rings. The van der Waals surface area contributed by atoms with Crippen molar-refractivity contribution in [3.05, 3.63) is 53.4 Å². The first-order chi connectivity index (χ1) is 7.59. The van der Waals surface area contributed by atoms with E-state index >= 15 is 0 Å². The normalized spacial score (nSPS) is 24.4. The van der Waals surface area contributed by atoms with Crippen LogP contribution < -0.4 is 0 Å². The van der Waals surface area contributed by atoms with Gasteiger partial charge in [-0.3, -0.25) is 4.98 Å². The van der Waals surface area contributed by atoms with Gasteiger partial charge < -0.3 is 0 Å². The van der Waals surface area contributed by atoms with Gasteiger partial charge in [-0.2, -0.15) is 0 Å². The maximum atomic E-state index is 13.5. The summed E-state index contributed by atoms with van der Waals surface area (Å²) < 4.78 is 39.9. The number of aromatic nitrogens is 1. The third-order valence-corrected chi connectivity index (χ3v) is 2.53. The predicted octanol–water partition coefficient (Wildman–Crippen LogP) is 3.37. The van der Waals surface area contributed by atoms with Crippen LogP contribution in [0.15, 0.2) is 36.2 Å². The number of nitrogens with zero attached hydrogens (tertiary/aromatic N) is 1. The molecular weight excluding hydrogens is 215 g/mol. The Balaban J connectivity index is 2.40. The molecule has 0 amide bonds. The average molecular weight is 225 g/mol. The van der Waals surface area contributed by atoms with Crippen LogP contribution in [0.4, 0.5) is 13.2 Å². The van der Waals surface area contributed by atoms with Crippen molar-refractivity contribution in [1.29, 1.82) is 0 Å². The maximum absolute atomic E-state index is 13.5. The van der Waals surface area contributed by atoms with Crippen LogP contribution in [0.5, 0.6) is 0 Å². The van der Waals surface area contributed by atoms with Crippen molar-refractivity contribution >= 4 is 0 Å². The topological polar surface area (TPSA) is 12.9 Å². The highest BCUT2D eigenvalue weighted by Gasteiger charge is 2.28. The molecule has 0 bridgehead atoms. The zero-order valence-electron chi connectivity index (χ0n) is 8.62. The standard InChI is InChI=1S/C12H10F3N/c1-7-8(13)5-6-11(16-7)12-9(14)3-2-4-10(12)15/h2-6,9,12H,1H3. The molecule has 0 saturated heterocycles. The van der Waals surface area contributed by atoms with E-state index in [0.717, 1.165) is 0 Å². The molecule has 84 valence electrons. The van der Waals surface area contributed by atoms with Crippen LogP contribution in [0.3, 0.4) is 0 Å². The van der Waals surface area contributed by atoms with Gasteiger partial charge in [0.2, 0.25) is 0 Å². The number of alkyl halides is 1. The van der Waals surface area contributed by atoms with Gasteiger partial charge in [0.25, 0.3) is 0 Å². The van der Waals surface area contributed by atoms with E-state index in [0.29, 0.717) is 0 Å². The average Bonchev–Trinajstić information content (AvgIpc) is 2.23. The molecule has 1 heterocycles. The first-order valence-electron chi connectivity index (χ1n) is 4.90. The second kappa shape index (κ2) is 4.12. The summed E-state index contributed by atoms with van der Waals surface area (Å²) in [5, 5.41) is 0. The van der Waals surface area contributed by atoms with Crippen LogP contribution in [0.25, 0.3) is 0 Å². The third kappa shape index (κ3) is 1.87. The number of hydrogen-bond donors (Lipinski definition) is 0. The summed E-state index contributed by atoms with van der Waals surface area (Å²) in [6.45, 7) is 1.46. The lowest BCUT2D eigenvalue weighted by atomic mass is 9.93. The molecule has 1 nitrogen and oxygen atoms in total. The minimum Gasteiger partial charge on any atom is -0.254 e. The highest BCUT2D eigenvalue weighted by molar-refractivity contribution is 5.31. The van der Waals surface area contributed by atoms with Gasteiger partial charge >= 0.3 is 0 Å². The van der Waals surface area contributed by atoms with E-state index in [9.17, 15) is 13.2 Å². The highest BCUT2D eigenvalue weighted by atomic mass is 19.1. The summed E-state index contributed by atoms with van der Waals surface area (Å²) >= 11 is 0. The number of halogens is 3. The molecule has 2 rings (SSSR count). The molecule has 0 spiro atoms. The Labute approximate surface area is 91.3 Å². The molecule has 2 unspecified atom stereocenters. The quantitative estimate of drug-likeness (QED) is 0.714. The van der Waals surface area contributed by atoms with Gasteiger partial charge in [0.15, 0.2) is 0 Å². The fourth-order valence-electron chi connectivity index (χ4n) is 1.66. The van der Waals surface area contributed by atoms with E-state index in [4.69, 9.17) is 0 Å². The molecular formula is C12H10F3N. The van der Waals surface area contributed by atoms with Gasteiger partial charge in [0.05, 0.1) is 17.3 Å². The number of rotatable bonds is 1. The smallest absolute Gasteiger partial charge is 0.144 e. The molecule has 1 aliphatic rings. The Kier molecular flexibility index (Phi) is 2.81. The van der Waals surface area contributed by atoms with Crippen molar-refractivity contribution in [2.24, 2.45) is 0 Å². The van der Waals surface area contributed by atoms with Crippen molar-refractivity contribution < 1.29 is 13.2 Å². The summed E-state index contributed by atoms with van der Waals surface area (Å²) in [5.74, 6) is -2.12. The summed E-state index contributed by atoms with van der Waals surface area (Å²) in [7, 11) is 0. The number of aryl methyl sites for hydroxylation is 1. The van der Waals surface area contributed by atoms with Gasteiger partial charge in [-0.05, 0) is 31.2 Å². The van der Waals surface area contributed by atoms with Gasteiger partial charge in [-0.1, -0.05) is 6.08 Å². The first kappa shape index (κ1) is 10.9. The van der Waals surface area contributed by atoms with E-state index in [1.807, 2.05) is 0 Å². The fourth-order valence-corrected chi connectivity index (χ4v) is 1.66. The molecule has 0 N–H and O–H groups in total. The zero-order valence-corrected chi connectivity index (χ0v) is 8.62. The van der Waals surface area contributed by atoms with Crippen molar-refractivity contribution in [2.75, 3.05) is 0 Å². The van der Waals surface area contributed by atoms with E-state index in [-0.39, 0.29) is 11.4 Å². The molecule has 1 aliphatic carbocycles. The molecule has 0 saturated carbocycles. The molecule has 2 atom stereocenters. The highest BCUT2D eigenvalue weighted by Crippen LogP contribution is 2.33. The Bertz CT molecular complexity index is 465. The fraction of sp³-hybridized carbons (Fsp3) is 0.250. The van der Waals surface area contributed by atoms with Crippen molar-refractivity contribution in [2.45, 2.75) is 19.0 Å². The van der Waals surface area contributed by atoms with Crippen LogP contribution in [0, 0.1) is 12.7 Å². The zero-order chi connectivity index (χ0) is 11.7. The molecule has 0 radical (unpaired) electrons. The largest absolute Gasteiger partial charge is 0.254 e. The molecule has 1 aromatic heterocycles. The van der Waals surface area contributed by atoms with Gasteiger partial charge in [0, 0.05) is 0 Å². The Morgan fingerprint density at radius 3 is 2.62 bits per heavy atom. The molecule has 16 heavy (non-hydrogen) atoms. The van der Waals surface area contributed by atoms with Crippen LogP contribution >= 0.6 is 0 Å². The Hall–Kier alpha value is -1.58. The van der Waals surface area contributed by atoms with Gasteiger partial charge in [-0.15, -0.1) is 0 Å². The number of pyridine rings is 1. The van der Waals surface area contributed by atoms with Crippen LogP contribution in [0.1, 0.15) is 17.3 Å². The maximum Gasteiger partial charge on any atom is 0.144 e. The van der Waals surface area contributed by atoms with Crippen LogP contribution in [0.2, 0.25) is 0 Å².